The first-order valence-electron chi connectivity index (χ1n) is 6.88. The van der Waals surface area contributed by atoms with Gasteiger partial charge in [-0.25, -0.2) is 9.50 Å². The minimum Gasteiger partial charge on any atom is -0.236 e. The number of fused-ring (bicyclic) bond motifs is 1. The standard InChI is InChI=1S/C18H13N3/c1-3-8-14(9-4-1)16-17(15-10-5-2-6-11-15)20-21-13-7-12-19-18(16)21/h1-13H. The SMILES string of the molecule is c1ccc(-c2nn3cccnc3c2-c2ccccc2)cc1. The molecular weight excluding hydrogens is 258 g/mol. The fraction of sp³-hybridized carbons (Fsp3) is 0. The summed E-state index contributed by atoms with van der Waals surface area (Å²) in [5.74, 6) is 0. The zero-order chi connectivity index (χ0) is 14.1. The van der Waals surface area contributed by atoms with Crippen LogP contribution in [0.5, 0.6) is 0 Å². The van der Waals surface area contributed by atoms with Crippen molar-refractivity contribution in [2.24, 2.45) is 0 Å². The molecule has 0 unspecified atom stereocenters. The average Bonchev–Trinajstić information content (AvgIpc) is 2.96. The Bertz CT molecular complexity index is 880. The van der Waals surface area contributed by atoms with Crippen LogP contribution in [0.1, 0.15) is 0 Å². The van der Waals surface area contributed by atoms with Crippen molar-refractivity contribution in [1.29, 1.82) is 0 Å². The van der Waals surface area contributed by atoms with Gasteiger partial charge in [0, 0.05) is 18.0 Å². The molecule has 21 heavy (non-hydrogen) atoms. The lowest BCUT2D eigenvalue weighted by Crippen LogP contribution is -1.87. The van der Waals surface area contributed by atoms with Gasteiger partial charge in [0.1, 0.15) is 5.69 Å². The first kappa shape index (κ1) is 11.9. The molecule has 100 valence electrons. The Kier molecular flexibility index (Phi) is 2.75. The fourth-order valence-electron chi connectivity index (χ4n) is 2.56. The molecule has 0 N–H and O–H groups in total. The summed E-state index contributed by atoms with van der Waals surface area (Å²) in [6, 6.07) is 22.4. The van der Waals surface area contributed by atoms with Crippen LogP contribution in [-0.2, 0) is 0 Å². The van der Waals surface area contributed by atoms with Crippen molar-refractivity contribution >= 4 is 5.65 Å². The Morgan fingerprint density at radius 2 is 1.38 bits per heavy atom. The first-order valence-corrected chi connectivity index (χ1v) is 6.88. The largest absolute Gasteiger partial charge is 0.236 e. The van der Waals surface area contributed by atoms with Crippen LogP contribution in [0.3, 0.4) is 0 Å². The van der Waals surface area contributed by atoms with E-state index in [4.69, 9.17) is 5.10 Å². The highest BCUT2D eigenvalue weighted by Crippen LogP contribution is 2.33. The lowest BCUT2D eigenvalue weighted by Gasteiger charge is -2.02. The van der Waals surface area contributed by atoms with Gasteiger partial charge in [-0.2, -0.15) is 5.10 Å². The number of nitrogens with zero attached hydrogens (tertiary/aromatic N) is 3. The van der Waals surface area contributed by atoms with E-state index in [-0.39, 0.29) is 0 Å². The number of hydrogen-bond donors (Lipinski definition) is 0. The molecule has 0 aliphatic rings. The van der Waals surface area contributed by atoms with Crippen LogP contribution < -0.4 is 0 Å². The van der Waals surface area contributed by atoms with Crippen molar-refractivity contribution in [3.63, 3.8) is 0 Å². The predicted molar refractivity (Wildman–Crippen MR) is 83.9 cm³/mol. The van der Waals surface area contributed by atoms with Crippen molar-refractivity contribution < 1.29 is 0 Å². The molecule has 2 aromatic carbocycles. The Balaban J connectivity index is 2.07. The van der Waals surface area contributed by atoms with Gasteiger partial charge in [0.2, 0.25) is 0 Å². The summed E-state index contributed by atoms with van der Waals surface area (Å²) >= 11 is 0. The van der Waals surface area contributed by atoms with Crippen LogP contribution in [0.2, 0.25) is 0 Å². The van der Waals surface area contributed by atoms with Gasteiger partial charge in [-0.05, 0) is 11.6 Å². The van der Waals surface area contributed by atoms with Crippen LogP contribution in [-0.4, -0.2) is 14.6 Å². The van der Waals surface area contributed by atoms with Gasteiger partial charge >= 0.3 is 0 Å². The minimum atomic E-state index is 0.877. The lowest BCUT2D eigenvalue weighted by molar-refractivity contribution is 0.943. The number of hydrogen-bond acceptors (Lipinski definition) is 2. The molecule has 2 aromatic heterocycles. The predicted octanol–water partition coefficient (Wildman–Crippen LogP) is 4.06. The highest BCUT2D eigenvalue weighted by molar-refractivity contribution is 5.90. The van der Waals surface area contributed by atoms with Gasteiger partial charge in [-0.3, -0.25) is 0 Å². The maximum atomic E-state index is 4.71. The fourth-order valence-corrected chi connectivity index (χ4v) is 2.56. The summed E-state index contributed by atoms with van der Waals surface area (Å²) in [4.78, 5) is 4.50. The second-order valence-electron chi connectivity index (χ2n) is 4.84. The summed E-state index contributed by atoms with van der Waals surface area (Å²) in [5.41, 5.74) is 5.14. The highest BCUT2D eigenvalue weighted by atomic mass is 15.2. The van der Waals surface area contributed by atoms with E-state index < -0.39 is 0 Å². The molecule has 0 saturated carbocycles. The smallest absolute Gasteiger partial charge is 0.163 e. The molecule has 0 amide bonds. The Hall–Kier alpha value is -2.94. The number of benzene rings is 2. The highest BCUT2D eigenvalue weighted by Gasteiger charge is 2.16. The molecule has 4 aromatic rings. The third-order valence-electron chi connectivity index (χ3n) is 3.50. The molecule has 0 radical (unpaired) electrons. The maximum Gasteiger partial charge on any atom is 0.163 e. The van der Waals surface area contributed by atoms with E-state index in [1.165, 1.54) is 0 Å². The molecule has 0 aliphatic heterocycles. The molecule has 3 heteroatoms. The topological polar surface area (TPSA) is 30.2 Å². The second-order valence-corrected chi connectivity index (χ2v) is 4.84. The molecule has 3 nitrogen and oxygen atoms in total. The van der Waals surface area contributed by atoms with Crippen molar-refractivity contribution in [3.05, 3.63) is 79.1 Å². The van der Waals surface area contributed by atoms with Crippen LogP contribution in [0.25, 0.3) is 28.0 Å². The van der Waals surface area contributed by atoms with Crippen molar-refractivity contribution in [2.45, 2.75) is 0 Å². The van der Waals surface area contributed by atoms with Gasteiger partial charge in [0.15, 0.2) is 5.65 Å². The molecule has 0 bridgehead atoms. The Morgan fingerprint density at radius 1 is 0.714 bits per heavy atom. The summed E-state index contributed by atoms with van der Waals surface area (Å²) in [7, 11) is 0. The van der Waals surface area contributed by atoms with E-state index >= 15 is 0 Å². The molecule has 0 spiro atoms. The van der Waals surface area contributed by atoms with Crippen LogP contribution in [0.4, 0.5) is 0 Å². The first-order chi connectivity index (χ1) is 10.4. The van der Waals surface area contributed by atoms with Crippen molar-refractivity contribution in [1.82, 2.24) is 14.6 Å². The van der Waals surface area contributed by atoms with E-state index in [9.17, 15) is 0 Å². The van der Waals surface area contributed by atoms with Gasteiger partial charge in [-0.1, -0.05) is 60.7 Å². The van der Waals surface area contributed by atoms with E-state index in [0.29, 0.717) is 0 Å². The summed E-state index contributed by atoms with van der Waals surface area (Å²) in [6.07, 6.45) is 3.74. The van der Waals surface area contributed by atoms with E-state index in [1.807, 2.05) is 53.2 Å². The lowest BCUT2D eigenvalue weighted by atomic mass is 10.0. The van der Waals surface area contributed by atoms with E-state index in [1.54, 1.807) is 6.20 Å². The number of rotatable bonds is 2. The Labute approximate surface area is 122 Å². The molecular formula is C18H13N3. The van der Waals surface area contributed by atoms with Gasteiger partial charge in [-0.15, -0.1) is 0 Å². The third kappa shape index (κ3) is 1.99. The average molecular weight is 271 g/mol. The van der Waals surface area contributed by atoms with Crippen molar-refractivity contribution in [3.8, 4) is 22.4 Å². The Morgan fingerprint density at radius 3 is 2.10 bits per heavy atom. The van der Waals surface area contributed by atoms with Gasteiger partial charge < -0.3 is 0 Å². The number of aromatic nitrogens is 3. The van der Waals surface area contributed by atoms with Gasteiger partial charge in [0.25, 0.3) is 0 Å². The van der Waals surface area contributed by atoms with Crippen molar-refractivity contribution in [2.75, 3.05) is 0 Å². The molecule has 4 rings (SSSR count). The van der Waals surface area contributed by atoms with Crippen LogP contribution >= 0.6 is 0 Å². The summed E-state index contributed by atoms with van der Waals surface area (Å²) in [5, 5.41) is 4.71. The molecule has 0 fully saturated rings. The molecule has 0 atom stereocenters. The van der Waals surface area contributed by atoms with E-state index in [2.05, 4.69) is 29.2 Å². The summed E-state index contributed by atoms with van der Waals surface area (Å²) in [6.45, 7) is 0. The van der Waals surface area contributed by atoms with Crippen LogP contribution in [0.15, 0.2) is 79.1 Å². The zero-order valence-electron chi connectivity index (χ0n) is 11.3. The van der Waals surface area contributed by atoms with E-state index in [0.717, 1.165) is 28.0 Å². The molecule has 2 heterocycles. The summed E-state index contributed by atoms with van der Waals surface area (Å²) < 4.78 is 1.84. The van der Waals surface area contributed by atoms with Gasteiger partial charge in [0.05, 0.1) is 5.56 Å². The molecule has 0 saturated heterocycles. The maximum absolute atomic E-state index is 4.71. The molecule has 0 aliphatic carbocycles. The second kappa shape index (κ2) is 4.87. The normalized spacial score (nSPS) is 10.9. The monoisotopic (exact) mass is 271 g/mol. The quantitative estimate of drug-likeness (QED) is 0.550. The third-order valence-corrected chi connectivity index (χ3v) is 3.50. The minimum absolute atomic E-state index is 0.877. The van der Waals surface area contributed by atoms with Crippen LogP contribution in [0, 0.1) is 0 Å². The zero-order valence-corrected chi connectivity index (χ0v) is 11.3.